The zero-order chi connectivity index (χ0) is 21.8. The lowest BCUT2D eigenvalue weighted by Crippen LogP contribution is -2.37. The molecule has 0 spiro atoms. The van der Waals surface area contributed by atoms with Gasteiger partial charge in [-0.05, 0) is 49.2 Å². The SMILES string of the molecule is O=C(Nc1cc(S(=O)(=O)N2CCCCC2)ccc1N1CCOCC1)c1cccc(Cl)c1. The standard InChI is InChI=1S/C22H26ClN3O4S/c23-18-6-4-5-17(15-18)22(27)24-20-16-19(31(28,29)26-9-2-1-3-10-26)7-8-21(20)25-11-13-30-14-12-25/h4-8,15-16H,1-3,9-14H2,(H,24,27). The first-order valence-electron chi connectivity index (χ1n) is 10.5. The van der Waals surface area contributed by atoms with Crippen molar-refractivity contribution >= 4 is 38.9 Å². The molecule has 7 nitrogen and oxygen atoms in total. The molecule has 1 amide bonds. The summed E-state index contributed by atoms with van der Waals surface area (Å²) in [6.45, 7) is 3.54. The topological polar surface area (TPSA) is 79.0 Å². The monoisotopic (exact) mass is 463 g/mol. The number of halogens is 1. The number of rotatable bonds is 5. The van der Waals surface area contributed by atoms with Crippen molar-refractivity contribution in [2.75, 3.05) is 49.6 Å². The van der Waals surface area contributed by atoms with E-state index in [1.165, 1.54) is 4.31 Å². The van der Waals surface area contributed by atoms with E-state index in [9.17, 15) is 13.2 Å². The fraction of sp³-hybridized carbons (Fsp3) is 0.409. The number of benzene rings is 2. The number of nitrogens with one attached hydrogen (secondary N) is 1. The van der Waals surface area contributed by atoms with Crippen LogP contribution < -0.4 is 10.2 Å². The van der Waals surface area contributed by atoms with Crippen LogP contribution in [0.3, 0.4) is 0 Å². The van der Waals surface area contributed by atoms with Gasteiger partial charge in [0.15, 0.2) is 0 Å². The lowest BCUT2D eigenvalue weighted by atomic mass is 10.2. The Morgan fingerprint density at radius 1 is 0.968 bits per heavy atom. The molecule has 9 heteroatoms. The van der Waals surface area contributed by atoms with Crippen LogP contribution in [-0.2, 0) is 14.8 Å². The molecule has 4 rings (SSSR count). The maximum Gasteiger partial charge on any atom is 0.255 e. The molecule has 2 aromatic rings. The number of morpholine rings is 1. The number of sulfonamides is 1. The number of piperidine rings is 1. The van der Waals surface area contributed by atoms with Gasteiger partial charge in [-0.3, -0.25) is 4.79 Å². The highest BCUT2D eigenvalue weighted by Gasteiger charge is 2.27. The Bertz CT molecular complexity index is 1050. The summed E-state index contributed by atoms with van der Waals surface area (Å²) in [7, 11) is -3.62. The van der Waals surface area contributed by atoms with Crippen molar-refractivity contribution in [3.05, 3.63) is 53.1 Å². The van der Waals surface area contributed by atoms with Crippen LogP contribution in [0.25, 0.3) is 0 Å². The van der Waals surface area contributed by atoms with E-state index >= 15 is 0 Å². The Morgan fingerprint density at radius 3 is 2.42 bits per heavy atom. The Labute approximate surface area is 188 Å². The van der Waals surface area contributed by atoms with Gasteiger partial charge in [-0.1, -0.05) is 24.1 Å². The van der Waals surface area contributed by atoms with E-state index in [0.717, 1.165) is 24.9 Å². The van der Waals surface area contributed by atoms with Gasteiger partial charge in [0.1, 0.15) is 0 Å². The van der Waals surface area contributed by atoms with Crippen LogP contribution in [0.1, 0.15) is 29.6 Å². The fourth-order valence-corrected chi connectivity index (χ4v) is 5.67. The van der Waals surface area contributed by atoms with Gasteiger partial charge < -0.3 is 15.0 Å². The van der Waals surface area contributed by atoms with Crippen molar-refractivity contribution in [1.29, 1.82) is 0 Å². The number of nitrogens with zero attached hydrogens (tertiary/aromatic N) is 2. The number of ether oxygens (including phenoxy) is 1. The Balaban J connectivity index is 1.68. The average molecular weight is 464 g/mol. The Hall–Kier alpha value is -2.13. The highest BCUT2D eigenvalue weighted by molar-refractivity contribution is 7.89. The lowest BCUT2D eigenvalue weighted by molar-refractivity contribution is 0.102. The summed E-state index contributed by atoms with van der Waals surface area (Å²) in [5.41, 5.74) is 1.64. The van der Waals surface area contributed by atoms with Crippen LogP contribution in [0, 0.1) is 0 Å². The number of amides is 1. The highest BCUT2D eigenvalue weighted by Crippen LogP contribution is 2.32. The van der Waals surface area contributed by atoms with E-state index in [2.05, 4.69) is 10.2 Å². The van der Waals surface area contributed by atoms with Crippen molar-refractivity contribution in [2.24, 2.45) is 0 Å². The first kappa shape index (κ1) is 22.1. The predicted octanol–water partition coefficient (Wildman–Crippen LogP) is 3.60. The van der Waals surface area contributed by atoms with Crippen LogP contribution in [-0.4, -0.2) is 58.0 Å². The van der Waals surface area contributed by atoms with Crippen LogP contribution in [0.4, 0.5) is 11.4 Å². The third-order valence-corrected chi connectivity index (χ3v) is 7.74. The third-order valence-electron chi connectivity index (χ3n) is 5.61. The zero-order valence-corrected chi connectivity index (χ0v) is 18.8. The number of carbonyl (C=O) groups excluding carboxylic acids is 1. The molecule has 2 aromatic carbocycles. The van der Waals surface area contributed by atoms with Gasteiger partial charge in [0.25, 0.3) is 5.91 Å². The Morgan fingerprint density at radius 2 is 1.71 bits per heavy atom. The maximum absolute atomic E-state index is 13.2. The van der Waals surface area contributed by atoms with Crippen LogP contribution in [0.5, 0.6) is 0 Å². The van der Waals surface area contributed by atoms with Crippen molar-refractivity contribution in [3.63, 3.8) is 0 Å². The minimum atomic E-state index is -3.62. The third kappa shape index (κ3) is 5.03. The smallest absolute Gasteiger partial charge is 0.255 e. The quantitative estimate of drug-likeness (QED) is 0.732. The molecule has 0 aliphatic carbocycles. The van der Waals surface area contributed by atoms with Crippen molar-refractivity contribution in [1.82, 2.24) is 4.31 Å². The minimum Gasteiger partial charge on any atom is -0.378 e. The van der Waals surface area contributed by atoms with E-state index in [0.29, 0.717) is 55.7 Å². The molecule has 0 saturated carbocycles. The summed E-state index contributed by atoms with van der Waals surface area (Å²) in [5, 5.41) is 3.36. The molecule has 0 atom stereocenters. The van der Waals surface area contributed by atoms with Gasteiger partial charge in [-0.2, -0.15) is 4.31 Å². The number of hydrogen-bond donors (Lipinski definition) is 1. The fourth-order valence-electron chi connectivity index (χ4n) is 3.93. The highest BCUT2D eigenvalue weighted by atomic mass is 35.5. The summed E-state index contributed by atoms with van der Waals surface area (Å²) < 4.78 is 33.3. The molecule has 2 aliphatic rings. The molecule has 0 bridgehead atoms. The van der Waals surface area contributed by atoms with E-state index in [1.54, 1.807) is 42.5 Å². The minimum absolute atomic E-state index is 0.188. The molecule has 0 unspecified atom stereocenters. The number of carbonyl (C=O) groups is 1. The average Bonchev–Trinajstić information content (AvgIpc) is 2.80. The van der Waals surface area contributed by atoms with E-state index < -0.39 is 10.0 Å². The second-order valence-corrected chi connectivity index (χ2v) is 10.1. The lowest BCUT2D eigenvalue weighted by Gasteiger charge is -2.31. The normalized spacial score (nSPS) is 18.0. The molecule has 31 heavy (non-hydrogen) atoms. The second kappa shape index (κ2) is 9.56. The van der Waals surface area contributed by atoms with E-state index in [1.807, 2.05) is 0 Å². The van der Waals surface area contributed by atoms with Gasteiger partial charge in [-0.15, -0.1) is 0 Å². The zero-order valence-electron chi connectivity index (χ0n) is 17.2. The maximum atomic E-state index is 13.2. The molecule has 2 aliphatic heterocycles. The van der Waals surface area contributed by atoms with Crippen molar-refractivity contribution < 1.29 is 17.9 Å². The molecular weight excluding hydrogens is 438 g/mol. The van der Waals surface area contributed by atoms with E-state index in [4.69, 9.17) is 16.3 Å². The summed E-state index contributed by atoms with van der Waals surface area (Å²) in [6.07, 6.45) is 2.77. The Kier molecular flexibility index (Phi) is 6.81. The van der Waals surface area contributed by atoms with Gasteiger partial charge in [0, 0.05) is 36.8 Å². The molecule has 166 valence electrons. The summed E-state index contributed by atoms with van der Waals surface area (Å²) in [6, 6.07) is 11.6. The van der Waals surface area contributed by atoms with Crippen LogP contribution in [0.15, 0.2) is 47.4 Å². The molecule has 2 fully saturated rings. The van der Waals surface area contributed by atoms with Crippen LogP contribution >= 0.6 is 11.6 Å². The number of hydrogen-bond acceptors (Lipinski definition) is 5. The number of anilines is 2. The first-order valence-corrected chi connectivity index (χ1v) is 12.3. The van der Waals surface area contributed by atoms with Gasteiger partial charge >= 0.3 is 0 Å². The molecule has 0 radical (unpaired) electrons. The van der Waals surface area contributed by atoms with Crippen LogP contribution in [0.2, 0.25) is 5.02 Å². The van der Waals surface area contributed by atoms with E-state index in [-0.39, 0.29) is 10.8 Å². The summed E-state index contributed by atoms with van der Waals surface area (Å²) in [5.74, 6) is -0.343. The second-order valence-electron chi connectivity index (χ2n) is 7.71. The molecule has 0 aromatic heterocycles. The first-order chi connectivity index (χ1) is 14.9. The summed E-state index contributed by atoms with van der Waals surface area (Å²) >= 11 is 6.03. The summed E-state index contributed by atoms with van der Waals surface area (Å²) in [4.78, 5) is 15.2. The largest absolute Gasteiger partial charge is 0.378 e. The molecule has 2 heterocycles. The van der Waals surface area contributed by atoms with Gasteiger partial charge in [0.05, 0.1) is 29.5 Å². The predicted molar refractivity (Wildman–Crippen MR) is 121 cm³/mol. The van der Waals surface area contributed by atoms with Crippen molar-refractivity contribution in [3.8, 4) is 0 Å². The molecule has 2 saturated heterocycles. The molecule has 1 N–H and O–H groups in total. The van der Waals surface area contributed by atoms with Crippen molar-refractivity contribution in [2.45, 2.75) is 24.2 Å². The molecular formula is C22H26ClN3O4S. The van der Waals surface area contributed by atoms with Gasteiger partial charge in [0.2, 0.25) is 10.0 Å². The van der Waals surface area contributed by atoms with Gasteiger partial charge in [-0.25, -0.2) is 8.42 Å².